The molecule has 0 saturated heterocycles. The Morgan fingerprint density at radius 1 is 1.50 bits per heavy atom. The molecule has 1 aliphatic carbocycles. The lowest BCUT2D eigenvalue weighted by Crippen LogP contribution is -2.51. The summed E-state index contributed by atoms with van der Waals surface area (Å²) < 4.78 is 0.934. The number of hydrogen-bond donors (Lipinski definition) is 2. The topological polar surface area (TPSA) is 29.1 Å². The van der Waals surface area contributed by atoms with Gasteiger partial charge < -0.3 is 5.32 Å². The number of carbonyl (C=O) groups excluding carboxylic acids is 1. The molecule has 0 bridgehead atoms. The first-order chi connectivity index (χ1) is 7.50. The summed E-state index contributed by atoms with van der Waals surface area (Å²) in [5.74, 6) is -0.0281. The van der Waals surface area contributed by atoms with Gasteiger partial charge in [0, 0.05) is 14.9 Å². The Hall–Kier alpha value is -0.480. The minimum atomic E-state index is -0.0281. The van der Waals surface area contributed by atoms with Crippen molar-refractivity contribution in [3.63, 3.8) is 0 Å². The van der Waals surface area contributed by atoms with Gasteiger partial charge in [-0.05, 0) is 44.4 Å². The van der Waals surface area contributed by atoms with Crippen molar-refractivity contribution in [2.75, 3.05) is 0 Å². The Kier molecular flexibility index (Phi) is 3.31. The highest BCUT2D eigenvalue weighted by Gasteiger charge is 2.33. The van der Waals surface area contributed by atoms with Crippen LogP contribution in [0.15, 0.2) is 27.6 Å². The molecule has 0 unspecified atom stereocenters. The van der Waals surface area contributed by atoms with Crippen LogP contribution < -0.4 is 5.32 Å². The van der Waals surface area contributed by atoms with E-state index in [1.807, 2.05) is 12.1 Å². The van der Waals surface area contributed by atoms with E-state index < -0.39 is 0 Å². The van der Waals surface area contributed by atoms with Crippen molar-refractivity contribution in [3.8, 4) is 0 Å². The van der Waals surface area contributed by atoms with Crippen LogP contribution in [0.3, 0.4) is 0 Å². The lowest BCUT2D eigenvalue weighted by molar-refractivity contribution is 0.0847. The summed E-state index contributed by atoms with van der Waals surface area (Å²) in [5.41, 5.74) is 0.629. The quantitative estimate of drug-likeness (QED) is 0.805. The molecule has 1 fully saturated rings. The molecule has 4 heteroatoms. The lowest BCUT2D eigenvalue weighted by atomic mass is 9.78. The van der Waals surface area contributed by atoms with Gasteiger partial charge in [0.05, 0.1) is 5.56 Å². The third kappa shape index (κ3) is 2.43. The Balaban J connectivity index is 2.14. The smallest absolute Gasteiger partial charge is 0.252 e. The summed E-state index contributed by atoms with van der Waals surface area (Å²) in [6.07, 6.45) is 3.33. The summed E-state index contributed by atoms with van der Waals surface area (Å²) in [6, 6.07) is 5.49. The molecule has 1 amide bonds. The molecule has 0 heterocycles. The van der Waals surface area contributed by atoms with Crippen LogP contribution in [0, 0.1) is 0 Å². The zero-order valence-electron chi connectivity index (χ0n) is 9.09. The summed E-state index contributed by atoms with van der Waals surface area (Å²) in [4.78, 5) is 12.7. The SMILES string of the molecule is CC1(NC(=O)c2ccc(Br)cc2S)CCC1. The Morgan fingerprint density at radius 3 is 2.69 bits per heavy atom. The second-order valence-electron chi connectivity index (χ2n) is 4.53. The fourth-order valence-electron chi connectivity index (χ4n) is 1.87. The summed E-state index contributed by atoms with van der Waals surface area (Å²) in [7, 11) is 0. The molecule has 1 saturated carbocycles. The number of benzene rings is 1. The van der Waals surface area contributed by atoms with Gasteiger partial charge in [-0.15, -0.1) is 12.6 Å². The normalized spacial score (nSPS) is 17.7. The number of nitrogens with one attached hydrogen (secondary N) is 1. The zero-order chi connectivity index (χ0) is 11.8. The molecule has 1 aliphatic rings. The van der Waals surface area contributed by atoms with Crippen molar-refractivity contribution in [3.05, 3.63) is 28.2 Å². The first-order valence-electron chi connectivity index (χ1n) is 5.31. The van der Waals surface area contributed by atoms with Crippen LogP contribution in [0.1, 0.15) is 36.5 Å². The second-order valence-corrected chi connectivity index (χ2v) is 5.93. The molecule has 0 aliphatic heterocycles. The number of thiol groups is 1. The van der Waals surface area contributed by atoms with E-state index in [0.717, 1.165) is 17.3 Å². The zero-order valence-corrected chi connectivity index (χ0v) is 11.6. The van der Waals surface area contributed by atoms with Crippen molar-refractivity contribution in [2.24, 2.45) is 0 Å². The number of rotatable bonds is 2. The molecule has 1 N–H and O–H groups in total. The molecule has 0 radical (unpaired) electrons. The highest BCUT2D eigenvalue weighted by atomic mass is 79.9. The largest absolute Gasteiger partial charge is 0.347 e. The molecule has 2 nitrogen and oxygen atoms in total. The van der Waals surface area contributed by atoms with Gasteiger partial charge in [0.1, 0.15) is 0 Å². The molecular formula is C12H14BrNOS. The summed E-state index contributed by atoms with van der Waals surface area (Å²) in [6.45, 7) is 2.09. The van der Waals surface area contributed by atoms with Crippen molar-refractivity contribution in [1.29, 1.82) is 0 Å². The maximum absolute atomic E-state index is 12.0. The van der Waals surface area contributed by atoms with E-state index in [2.05, 4.69) is 40.8 Å². The maximum atomic E-state index is 12.0. The standard InChI is InChI=1S/C12H14BrNOS/c1-12(5-2-6-12)14-11(15)9-4-3-8(13)7-10(9)16/h3-4,7,16H,2,5-6H2,1H3,(H,14,15). The van der Waals surface area contributed by atoms with Crippen LogP contribution >= 0.6 is 28.6 Å². The van der Waals surface area contributed by atoms with Crippen LogP contribution in [-0.4, -0.2) is 11.4 Å². The number of hydrogen-bond acceptors (Lipinski definition) is 2. The van der Waals surface area contributed by atoms with E-state index in [9.17, 15) is 4.79 Å². The predicted octanol–water partition coefficient (Wildman–Crippen LogP) is 3.41. The number of carbonyl (C=O) groups is 1. The van der Waals surface area contributed by atoms with Gasteiger partial charge in [-0.3, -0.25) is 4.79 Å². The molecule has 0 aromatic heterocycles. The fourth-order valence-corrected chi connectivity index (χ4v) is 2.72. The lowest BCUT2D eigenvalue weighted by Gasteiger charge is -2.39. The van der Waals surface area contributed by atoms with Gasteiger partial charge in [0.2, 0.25) is 0 Å². The third-order valence-corrected chi connectivity index (χ3v) is 3.94. The van der Waals surface area contributed by atoms with Crippen LogP contribution in [0.5, 0.6) is 0 Å². The molecule has 86 valence electrons. The van der Waals surface area contributed by atoms with Gasteiger partial charge in [0.15, 0.2) is 0 Å². The van der Waals surface area contributed by atoms with E-state index >= 15 is 0 Å². The van der Waals surface area contributed by atoms with Crippen molar-refractivity contribution < 1.29 is 4.79 Å². The third-order valence-electron chi connectivity index (χ3n) is 3.08. The van der Waals surface area contributed by atoms with Gasteiger partial charge in [-0.25, -0.2) is 0 Å². The van der Waals surface area contributed by atoms with E-state index in [1.165, 1.54) is 6.42 Å². The van der Waals surface area contributed by atoms with E-state index in [1.54, 1.807) is 6.07 Å². The molecule has 1 aromatic carbocycles. The van der Waals surface area contributed by atoms with Crippen LogP contribution in [0.25, 0.3) is 0 Å². The minimum absolute atomic E-state index is 0.00955. The average Bonchev–Trinajstić information content (AvgIpc) is 2.14. The second kappa shape index (κ2) is 4.41. The van der Waals surface area contributed by atoms with Crippen LogP contribution in [-0.2, 0) is 0 Å². The van der Waals surface area contributed by atoms with Crippen molar-refractivity contribution in [1.82, 2.24) is 5.32 Å². The first-order valence-corrected chi connectivity index (χ1v) is 6.55. The van der Waals surface area contributed by atoms with Crippen molar-refractivity contribution >= 4 is 34.5 Å². The average molecular weight is 300 g/mol. The predicted molar refractivity (Wildman–Crippen MR) is 71.1 cm³/mol. The highest BCUT2D eigenvalue weighted by molar-refractivity contribution is 9.10. The monoisotopic (exact) mass is 299 g/mol. The van der Waals surface area contributed by atoms with Crippen molar-refractivity contribution in [2.45, 2.75) is 36.6 Å². The molecule has 0 spiro atoms. The van der Waals surface area contributed by atoms with E-state index in [0.29, 0.717) is 10.5 Å². The van der Waals surface area contributed by atoms with Crippen LogP contribution in [0.2, 0.25) is 0 Å². The number of amides is 1. The molecule has 2 rings (SSSR count). The Morgan fingerprint density at radius 2 is 2.19 bits per heavy atom. The number of halogens is 1. The molecule has 1 aromatic rings. The van der Waals surface area contributed by atoms with Crippen LogP contribution in [0.4, 0.5) is 0 Å². The van der Waals surface area contributed by atoms with Gasteiger partial charge in [-0.1, -0.05) is 15.9 Å². The Bertz CT molecular complexity index is 429. The Labute approximate surface area is 109 Å². The minimum Gasteiger partial charge on any atom is -0.347 e. The maximum Gasteiger partial charge on any atom is 0.252 e. The highest BCUT2D eigenvalue weighted by Crippen LogP contribution is 2.31. The first kappa shape index (κ1) is 12.0. The fraction of sp³-hybridized carbons (Fsp3) is 0.417. The summed E-state index contributed by atoms with van der Waals surface area (Å²) >= 11 is 7.66. The van der Waals surface area contributed by atoms with Gasteiger partial charge >= 0.3 is 0 Å². The van der Waals surface area contributed by atoms with E-state index in [-0.39, 0.29) is 11.4 Å². The molecular weight excluding hydrogens is 286 g/mol. The van der Waals surface area contributed by atoms with E-state index in [4.69, 9.17) is 0 Å². The molecule has 0 atom stereocenters. The van der Waals surface area contributed by atoms with Gasteiger partial charge in [0.25, 0.3) is 5.91 Å². The van der Waals surface area contributed by atoms with Gasteiger partial charge in [-0.2, -0.15) is 0 Å². The summed E-state index contributed by atoms with van der Waals surface area (Å²) in [5, 5.41) is 3.07. The molecule has 16 heavy (non-hydrogen) atoms.